The first-order chi connectivity index (χ1) is 12.6. The molecule has 2 aliphatic rings. The zero-order chi connectivity index (χ0) is 19.8. The number of benzene rings is 1. The van der Waals surface area contributed by atoms with Crippen LogP contribution in [0.3, 0.4) is 0 Å². The molecular weight excluding hydrogens is 332 g/mol. The molecule has 0 atom stereocenters. The number of carboxylic acid groups (broad SMARTS) is 1. The minimum absolute atomic E-state index is 0.221. The normalized spacial score (nSPS) is 22.6. The van der Waals surface area contributed by atoms with Gasteiger partial charge in [-0.15, -0.1) is 0 Å². The van der Waals surface area contributed by atoms with Gasteiger partial charge in [0.2, 0.25) is 0 Å². The third kappa shape index (κ3) is 4.10. The molecule has 0 spiro atoms. The van der Waals surface area contributed by atoms with Crippen molar-refractivity contribution in [2.24, 2.45) is 0 Å². The lowest BCUT2D eigenvalue weighted by molar-refractivity contribution is -0.131. The third-order valence-electron chi connectivity index (χ3n) is 6.32. The third-order valence-corrected chi connectivity index (χ3v) is 6.32. The van der Waals surface area contributed by atoms with Crippen molar-refractivity contribution in [3.05, 3.63) is 64.3 Å². The highest BCUT2D eigenvalue weighted by molar-refractivity contribution is 5.81. The van der Waals surface area contributed by atoms with E-state index in [0.29, 0.717) is 0 Å². The van der Waals surface area contributed by atoms with Crippen LogP contribution in [0.5, 0.6) is 0 Å². The van der Waals surface area contributed by atoms with Crippen molar-refractivity contribution >= 4 is 11.5 Å². The van der Waals surface area contributed by atoms with E-state index in [9.17, 15) is 4.79 Å². The second kappa shape index (κ2) is 7.14. The zero-order valence-electron chi connectivity index (χ0n) is 17.4. The Morgan fingerprint density at radius 1 is 1.04 bits per heavy atom. The molecule has 0 unspecified atom stereocenters. The molecule has 2 nitrogen and oxygen atoms in total. The van der Waals surface area contributed by atoms with Gasteiger partial charge in [0.15, 0.2) is 0 Å². The largest absolute Gasteiger partial charge is 0.478 e. The van der Waals surface area contributed by atoms with Crippen LogP contribution in [-0.2, 0) is 22.0 Å². The van der Waals surface area contributed by atoms with Gasteiger partial charge in [0.1, 0.15) is 0 Å². The molecular formula is C25H32O2. The van der Waals surface area contributed by atoms with E-state index in [1.54, 1.807) is 0 Å². The number of carboxylic acids is 1. The van der Waals surface area contributed by atoms with Gasteiger partial charge in [-0.1, -0.05) is 58.1 Å². The number of allylic oxidation sites excluding steroid dienone is 5. The van der Waals surface area contributed by atoms with Gasteiger partial charge in [-0.05, 0) is 83.3 Å². The van der Waals surface area contributed by atoms with Crippen LogP contribution in [0.15, 0.2) is 42.0 Å². The van der Waals surface area contributed by atoms with Gasteiger partial charge in [-0.25, -0.2) is 4.79 Å². The maximum absolute atomic E-state index is 10.8. The van der Waals surface area contributed by atoms with Gasteiger partial charge in [0, 0.05) is 6.08 Å². The molecule has 27 heavy (non-hydrogen) atoms. The van der Waals surface area contributed by atoms with Crippen molar-refractivity contribution < 1.29 is 9.90 Å². The Morgan fingerprint density at radius 3 is 2.30 bits per heavy atom. The zero-order valence-corrected chi connectivity index (χ0v) is 17.4. The van der Waals surface area contributed by atoms with E-state index in [2.05, 4.69) is 45.9 Å². The molecule has 2 aliphatic carbocycles. The summed E-state index contributed by atoms with van der Waals surface area (Å²) in [5.41, 5.74) is 8.52. The van der Waals surface area contributed by atoms with E-state index < -0.39 is 5.97 Å². The van der Waals surface area contributed by atoms with Gasteiger partial charge in [0.05, 0.1) is 0 Å². The first-order valence-corrected chi connectivity index (χ1v) is 10.1. The number of fused-ring (bicyclic) bond motifs is 2. The van der Waals surface area contributed by atoms with Crippen LogP contribution >= 0.6 is 0 Å². The molecule has 3 rings (SSSR count). The first-order valence-electron chi connectivity index (χ1n) is 10.1. The first kappa shape index (κ1) is 19.7. The summed E-state index contributed by atoms with van der Waals surface area (Å²) in [6.45, 7) is 11.3. The predicted octanol–water partition coefficient (Wildman–Crippen LogP) is 6.34. The molecule has 144 valence electrons. The van der Waals surface area contributed by atoms with E-state index in [4.69, 9.17) is 5.11 Å². The van der Waals surface area contributed by atoms with E-state index in [1.165, 1.54) is 53.2 Å². The summed E-state index contributed by atoms with van der Waals surface area (Å²) < 4.78 is 0. The summed E-state index contributed by atoms with van der Waals surface area (Å²) in [6.07, 6.45) is 13.2. The van der Waals surface area contributed by atoms with Crippen molar-refractivity contribution in [3.8, 4) is 0 Å². The minimum atomic E-state index is -0.899. The lowest BCUT2D eigenvalue weighted by Crippen LogP contribution is -2.34. The Morgan fingerprint density at radius 2 is 1.67 bits per heavy atom. The minimum Gasteiger partial charge on any atom is -0.478 e. The summed E-state index contributed by atoms with van der Waals surface area (Å²) in [6, 6.07) is 4.95. The van der Waals surface area contributed by atoms with Crippen molar-refractivity contribution in [1.82, 2.24) is 0 Å². The van der Waals surface area contributed by atoms with Crippen molar-refractivity contribution in [3.63, 3.8) is 0 Å². The van der Waals surface area contributed by atoms with Gasteiger partial charge in [-0.2, -0.15) is 0 Å². The molecule has 0 aliphatic heterocycles. The Kier molecular flexibility index (Phi) is 5.20. The molecule has 0 saturated carbocycles. The molecule has 0 radical (unpaired) electrons. The average molecular weight is 365 g/mol. The fourth-order valence-corrected chi connectivity index (χ4v) is 4.50. The quantitative estimate of drug-likeness (QED) is 0.502. The van der Waals surface area contributed by atoms with Crippen LogP contribution in [0.1, 0.15) is 82.6 Å². The van der Waals surface area contributed by atoms with Crippen LogP contribution in [-0.4, -0.2) is 11.1 Å². The lowest BCUT2D eigenvalue weighted by atomic mass is 9.62. The Bertz CT molecular complexity index is 847. The van der Waals surface area contributed by atoms with Crippen LogP contribution in [0, 0.1) is 0 Å². The molecule has 1 N–H and O–H groups in total. The Balaban J connectivity index is 2.02. The van der Waals surface area contributed by atoms with Gasteiger partial charge in [-0.3, -0.25) is 0 Å². The number of hydrogen-bond acceptors (Lipinski definition) is 1. The number of rotatable bonds is 3. The molecule has 0 bridgehead atoms. The molecule has 1 aromatic carbocycles. The number of hydrogen-bond donors (Lipinski definition) is 1. The summed E-state index contributed by atoms with van der Waals surface area (Å²) in [5.74, 6) is -0.899. The van der Waals surface area contributed by atoms with Crippen LogP contribution in [0.25, 0.3) is 5.57 Å². The lowest BCUT2D eigenvalue weighted by Gasteiger charge is -2.43. The molecule has 0 amide bonds. The Hall–Kier alpha value is -2.09. The smallest absolute Gasteiger partial charge is 0.328 e. The SMILES string of the molecule is C/C(C=CC=C1CCCc2cc3c(cc21)C(C)(C)CCC3(C)C)=C\C(=O)O. The fraction of sp³-hybridized carbons (Fsp3) is 0.480. The standard InChI is InChI=1S/C25H32O2/c1-17(14-23(26)27)8-6-9-18-10-7-11-19-15-21-22(16-20(18)19)25(4,5)13-12-24(21,2)3/h6,8-9,14-16H,7,10-13H2,1-5H3,(H,26,27)/b8-6?,17-14+,18-9?. The van der Waals surface area contributed by atoms with Gasteiger partial charge >= 0.3 is 5.97 Å². The number of carbonyl (C=O) groups is 1. The van der Waals surface area contributed by atoms with Gasteiger partial charge < -0.3 is 5.11 Å². The van der Waals surface area contributed by atoms with Crippen molar-refractivity contribution in [2.45, 2.75) is 77.6 Å². The Labute approximate surface area is 163 Å². The molecule has 0 saturated heterocycles. The predicted molar refractivity (Wildman–Crippen MR) is 113 cm³/mol. The monoisotopic (exact) mass is 364 g/mol. The van der Waals surface area contributed by atoms with E-state index in [0.717, 1.165) is 18.4 Å². The highest BCUT2D eigenvalue weighted by Crippen LogP contribution is 2.48. The maximum atomic E-state index is 10.8. The van der Waals surface area contributed by atoms with Crippen LogP contribution in [0.4, 0.5) is 0 Å². The summed E-state index contributed by atoms with van der Waals surface area (Å²) in [7, 11) is 0. The molecule has 1 aromatic rings. The highest BCUT2D eigenvalue weighted by Gasteiger charge is 2.38. The molecule has 0 aromatic heterocycles. The number of aryl methyl sites for hydroxylation is 1. The average Bonchev–Trinajstić information content (AvgIpc) is 2.57. The van der Waals surface area contributed by atoms with Crippen LogP contribution in [0.2, 0.25) is 0 Å². The van der Waals surface area contributed by atoms with E-state index in [1.807, 2.05) is 19.1 Å². The van der Waals surface area contributed by atoms with Crippen molar-refractivity contribution in [2.75, 3.05) is 0 Å². The van der Waals surface area contributed by atoms with E-state index >= 15 is 0 Å². The molecule has 0 heterocycles. The van der Waals surface area contributed by atoms with Crippen molar-refractivity contribution in [1.29, 1.82) is 0 Å². The van der Waals surface area contributed by atoms with E-state index in [-0.39, 0.29) is 10.8 Å². The van der Waals surface area contributed by atoms with Gasteiger partial charge in [0.25, 0.3) is 0 Å². The second-order valence-corrected chi connectivity index (χ2v) is 9.45. The summed E-state index contributed by atoms with van der Waals surface area (Å²) in [4.78, 5) is 10.8. The molecule has 0 fully saturated rings. The highest BCUT2D eigenvalue weighted by atomic mass is 16.4. The van der Waals surface area contributed by atoms with Crippen LogP contribution < -0.4 is 0 Å². The topological polar surface area (TPSA) is 37.3 Å². The second-order valence-electron chi connectivity index (χ2n) is 9.45. The summed E-state index contributed by atoms with van der Waals surface area (Å²) >= 11 is 0. The molecule has 2 heteroatoms. The maximum Gasteiger partial charge on any atom is 0.328 e. The fourth-order valence-electron chi connectivity index (χ4n) is 4.50. The summed E-state index contributed by atoms with van der Waals surface area (Å²) in [5, 5.41) is 8.84. The number of aliphatic carboxylic acids is 1.